The first-order valence-corrected chi connectivity index (χ1v) is 8.36. The molecule has 1 aliphatic heterocycles. The number of amides is 2. The molecule has 4 rings (SSSR count). The molecule has 7 nitrogen and oxygen atoms in total. The van der Waals surface area contributed by atoms with Crippen LogP contribution in [0.1, 0.15) is 17.3 Å². The molecular formula is C20H16N2O5. The van der Waals surface area contributed by atoms with E-state index >= 15 is 0 Å². The molecule has 0 saturated heterocycles. The minimum absolute atomic E-state index is 0.0898. The van der Waals surface area contributed by atoms with Gasteiger partial charge in [-0.15, -0.1) is 0 Å². The number of fused-ring (bicyclic) bond motifs is 2. The molecule has 1 aromatic heterocycles. The summed E-state index contributed by atoms with van der Waals surface area (Å²) in [5.41, 5.74) is 0.679. The van der Waals surface area contributed by atoms with Crippen LogP contribution in [0.3, 0.4) is 0 Å². The molecule has 1 unspecified atom stereocenters. The van der Waals surface area contributed by atoms with E-state index in [1.165, 1.54) is 11.0 Å². The lowest BCUT2D eigenvalue weighted by molar-refractivity contribution is -0.125. The van der Waals surface area contributed by atoms with Crippen molar-refractivity contribution in [3.05, 3.63) is 64.5 Å². The molecule has 2 aromatic carbocycles. The molecule has 27 heavy (non-hydrogen) atoms. The minimum atomic E-state index is -0.709. The van der Waals surface area contributed by atoms with Crippen LogP contribution in [0.25, 0.3) is 11.0 Å². The van der Waals surface area contributed by atoms with Gasteiger partial charge in [0.1, 0.15) is 16.9 Å². The maximum absolute atomic E-state index is 12.6. The molecule has 2 amide bonds. The molecular weight excluding hydrogens is 348 g/mol. The van der Waals surface area contributed by atoms with Gasteiger partial charge < -0.3 is 19.4 Å². The second-order valence-corrected chi connectivity index (χ2v) is 6.28. The fourth-order valence-corrected chi connectivity index (χ4v) is 3.01. The van der Waals surface area contributed by atoms with Crippen LogP contribution in [0.5, 0.6) is 5.75 Å². The minimum Gasteiger partial charge on any atom is -0.479 e. The Morgan fingerprint density at radius 3 is 2.70 bits per heavy atom. The maximum Gasteiger partial charge on any atom is 0.349 e. The molecule has 0 spiro atoms. The number of nitrogens with zero attached hydrogens (tertiary/aromatic N) is 1. The molecule has 0 saturated carbocycles. The predicted molar refractivity (Wildman–Crippen MR) is 100 cm³/mol. The highest BCUT2D eigenvalue weighted by atomic mass is 16.5. The van der Waals surface area contributed by atoms with Crippen molar-refractivity contribution in [2.45, 2.75) is 13.0 Å². The summed E-state index contributed by atoms with van der Waals surface area (Å²) in [6, 6.07) is 13.4. The second-order valence-electron chi connectivity index (χ2n) is 6.28. The van der Waals surface area contributed by atoms with Gasteiger partial charge in [0.05, 0.1) is 5.69 Å². The van der Waals surface area contributed by atoms with Crippen molar-refractivity contribution in [1.29, 1.82) is 0 Å². The molecule has 136 valence electrons. The Morgan fingerprint density at radius 1 is 1.11 bits per heavy atom. The van der Waals surface area contributed by atoms with Gasteiger partial charge in [-0.05, 0) is 31.2 Å². The molecule has 1 atom stereocenters. The van der Waals surface area contributed by atoms with Crippen LogP contribution < -0.4 is 20.6 Å². The number of carbonyl (C=O) groups is 2. The number of anilines is 2. The lowest BCUT2D eigenvalue weighted by atomic mass is 10.1. The number of hydrogen-bond donors (Lipinski definition) is 1. The van der Waals surface area contributed by atoms with Crippen molar-refractivity contribution in [2.75, 3.05) is 17.3 Å². The highest BCUT2D eigenvalue weighted by Crippen LogP contribution is 2.35. The first-order valence-electron chi connectivity index (χ1n) is 8.36. The summed E-state index contributed by atoms with van der Waals surface area (Å²) >= 11 is 0. The van der Waals surface area contributed by atoms with Gasteiger partial charge in [0.15, 0.2) is 6.10 Å². The van der Waals surface area contributed by atoms with Gasteiger partial charge in [-0.3, -0.25) is 9.59 Å². The van der Waals surface area contributed by atoms with E-state index in [9.17, 15) is 14.4 Å². The van der Waals surface area contributed by atoms with E-state index in [0.717, 1.165) is 0 Å². The number of nitrogens with one attached hydrogen (secondary N) is 1. The third kappa shape index (κ3) is 2.93. The van der Waals surface area contributed by atoms with Crippen LogP contribution in [0, 0.1) is 0 Å². The number of likely N-dealkylation sites (N-methyl/N-ethyl adjacent to an activating group) is 1. The van der Waals surface area contributed by atoms with Gasteiger partial charge in [-0.1, -0.05) is 18.2 Å². The van der Waals surface area contributed by atoms with Crippen molar-refractivity contribution >= 4 is 34.2 Å². The van der Waals surface area contributed by atoms with E-state index in [1.807, 2.05) is 0 Å². The molecule has 1 N–H and O–H groups in total. The third-order valence-corrected chi connectivity index (χ3v) is 4.45. The lowest BCUT2D eigenvalue weighted by Gasteiger charge is -2.30. The third-order valence-electron chi connectivity index (χ3n) is 4.45. The summed E-state index contributed by atoms with van der Waals surface area (Å²) in [6.07, 6.45) is -0.610. The van der Waals surface area contributed by atoms with Gasteiger partial charge >= 0.3 is 5.63 Å². The largest absolute Gasteiger partial charge is 0.479 e. The number of hydrogen-bond acceptors (Lipinski definition) is 5. The first kappa shape index (κ1) is 16.8. The summed E-state index contributed by atoms with van der Waals surface area (Å²) in [6.45, 7) is 1.66. The average Bonchev–Trinajstić information content (AvgIpc) is 2.65. The number of benzene rings is 2. The van der Waals surface area contributed by atoms with Gasteiger partial charge in [0.25, 0.3) is 11.8 Å². The first-order chi connectivity index (χ1) is 12.9. The molecule has 7 heteroatoms. The Balaban J connectivity index is 1.64. The Kier molecular flexibility index (Phi) is 3.92. The van der Waals surface area contributed by atoms with E-state index in [1.54, 1.807) is 56.4 Å². The van der Waals surface area contributed by atoms with Crippen LogP contribution in [-0.2, 0) is 4.79 Å². The van der Waals surface area contributed by atoms with Crippen molar-refractivity contribution in [3.8, 4) is 5.75 Å². The van der Waals surface area contributed by atoms with E-state index in [2.05, 4.69) is 5.32 Å². The molecule has 0 bridgehead atoms. The Labute approximate surface area is 154 Å². The quantitative estimate of drug-likeness (QED) is 0.707. The van der Waals surface area contributed by atoms with Crippen LogP contribution >= 0.6 is 0 Å². The molecule has 3 aromatic rings. The van der Waals surface area contributed by atoms with Gasteiger partial charge in [0.2, 0.25) is 0 Å². The zero-order valence-electron chi connectivity index (χ0n) is 14.7. The van der Waals surface area contributed by atoms with E-state index in [4.69, 9.17) is 9.15 Å². The SMILES string of the molecule is CC1Oc2cc(NC(=O)c3cc4ccccc4oc3=O)ccc2N(C)C1=O. The van der Waals surface area contributed by atoms with Crippen molar-refractivity contribution in [1.82, 2.24) is 0 Å². The van der Waals surface area contributed by atoms with Crippen molar-refractivity contribution in [3.63, 3.8) is 0 Å². The highest BCUT2D eigenvalue weighted by molar-refractivity contribution is 6.06. The predicted octanol–water partition coefficient (Wildman–Crippen LogP) is 2.79. The normalized spacial score (nSPS) is 16.0. The van der Waals surface area contributed by atoms with E-state index in [0.29, 0.717) is 28.1 Å². The number of ether oxygens (including phenoxy) is 1. The summed E-state index contributed by atoms with van der Waals surface area (Å²) in [4.78, 5) is 38.1. The van der Waals surface area contributed by atoms with Gasteiger partial charge in [0, 0.05) is 24.2 Å². The fourth-order valence-electron chi connectivity index (χ4n) is 3.01. The lowest BCUT2D eigenvalue weighted by Crippen LogP contribution is -2.41. The van der Waals surface area contributed by atoms with Crippen molar-refractivity contribution < 1.29 is 18.7 Å². The molecule has 2 heterocycles. The molecule has 0 radical (unpaired) electrons. The number of rotatable bonds is 2. The van der Waals surface area contributed by atoms with Crippen LogP contribution in [0.15, 0.2) is 57.7 Å². The van der Waals surface area contributed by atoms with E-state index in [-0.39, 0.29) is 11.5 Å². The standard InChI is InChI=1S/C20H16N2O5/c1-11-19(24)22(2)15-8-7-13(10-17(15)26-11)21-18(23)14-9-12-5-3-4-6-16(12)27-20(14)25/h3-11H,1-2H3,(H,21,23). The van der Waals surface area contributed by atoms with Crippen LogP contribution in [0.2, 0.25) is 0 Å². The summed E-state index contributed by atoms with van der Waals surface area (Å²) in [5.74, 6) is -0.247. The molecule has 1 aliphatic rings. The van der Waals surface area contributed by atoms with E-state index < -0.39 is 17.6 Å². The van der Waals surface area contributed by atoms with Crippen molar-refractivity contribution in [2.24, 2.45) is 0 Å². The zero-order chi connectivity index (χ0) is 19.1. The van der Waals surface area contributed by atoms with Gasteiger partial charge in [-0.25, -0.2) is 4.79 Å². The second kappa shape index (κ2) is 6.28. The zero-order valence-corrected chi connectivity index (χ0v) is 14.7. The van der Waals surface area contributed by atoms with Crippen LogP contribution in [0.4, 0.5) is 11.4 Å². The Bertz CT molecular complexity index is 1130. The average molecular weight is 364 g/mol. The Hall–Kier alpha value is -3.61. The molecule has 0 aliphatic carbocycles. The summed E-state index contributed by atoms with van der Waals surface area (Å²) < 4.78 is 10.8. The molecule has 0 fully saturated rings. The maximum atomic E-state index is 12.6. The highest BCUT2D eigenvalue weighted by Gasteiger charge is 2.29. The number of carbonyl (C=O) groups excluding carboxylic acids is 2. The smallest absolute Gasteiger partial charge is 0.349 e. The Morgan fingerprint density at radius 2 is 1.89 bits per heavy atom. The number of para-hydroxylation sites is 1. The topological polar surface area (TPSA) is 88.8 Å². The summed E-state index contributed by atoms with van der Waals surface area (Å²) in [5, 5.41) is 3.33. The van der Waals surface area contributed by atoms with Crippen LogP contribution in [-0.4, -0.2) is 25.0 Å². The summed E-state index contributed by atoms with van der Waals surface area (Å²) in [7, 11) is 1.67. The monoisotopic (exact) mass is 364 g/mol. The van der Waals surface area contributed by atoms with Gasteiger partial charge in [-0.2, -0.15) is 0 Å². The fraction of sp³-hybridized carbons (Fsp3) is 0.150.